The Bertz CT molecular complexity index is 1620. The maximum Gasteiger partial charge on any atom is 0.283 e. The summed E-state index contributed by atoms with van der Waals surface area (Å²) in [7, 11) is -6.47. The molecule has 2 aliphatic rings. The summed E-state index contributed by atoms with van der Waals surface area (Å²) >= 11 is 0. The van der Waals surface area contributed by atoms with Crippen molar-refractivity contribution in [2.75, 3.05) is 53.0 Å². The molecule has 2 aliphatic heterocycles. The Kier molecular flexibility index (Phi) is 9.00. The van der Waals surface area contributed by atoms with Crippen molar-refractivity contribution in [3.05, 3.63) is 89.5 Å². The Labute approximate surface area is 248 Å². The van der Waals surface area contributed by atoms with E-state index in [0.717, 1.165) is 11.1 Å². The van der Waals surface area contributed by atoms with Gasteiger partial charge in [0.1, 0.15) is 17.8 Å². The van der Waals surface area contributed by atoms with Gasteiger partial charge in [0.2, 0.25) is 10.0 Å². The van der Waals surface area contributed by atoms with E-state index in [1.807, 2.05) is 13.8 Å². The topological polar surface area (TPSA) is 109 Å². The third-order valence-electron chi connectivity index (χ3n) is 7.52. The first-order valence-electron chi connectivity index (χ1n) is 13.8. The highest BCUT2D eigenvalue weighted by Crippen LogP contribution is 2.36. The minimum Gasteiger partial charge on any atom is -0.497 e. The molecule has 0 bridgehead atoms. The number of benzene rings is 3. The second-order valence-electron chi connectivity index (χ2n) is 10.5. The van der Waals surface area contributed by atoms with Crippen LogP contribution in [-0.2, 0) is 24.8 Å². The van der Waals surface area contributed by atoms with Crippen molar-refractivity contribution in [3.63, 3.8) is 0 Å². The molecule has 0 aromatic heterocycles. The molecule has 3 aromatic rings. The third-order valence-corrected chi connectivity index (χ3v) is 10.7. The summed E-state index contributed by atoms with van der Waals surface area (Å²) in [6.45, 7) is 6.68. The summed E-state index contributed by atoms with van der Waals surface area (Å²) in [6, 6.07) is 20.4. The van der Waals surface area contributed by atoms with Crippen LogP contribution in [0.5, 0.6) is 5.75 Å². The lowest BCUT2D eigenvalue weighted by molar-refractivity contribution is 0.0438. The first-order valence-corrected chi connectivity index (χ1v) is 16.7. The van der Waals surface area contributed by atoms with Crippen LogP contribution in [0.4, 0.5) is 0 Å². The van der Waals surface area contributed by atoms with Gasteiger partial charge in [-0.05, 0) is 55.8 Å². The number of sulfonamides is 2. The molecule has 42 heavy (non-hydrogen) atoms. The highest BCUT2D eigenvalue weighted by atomic mass is 32.2. The van der Waals surface area contributed by atoms with Crippen molar-refractivity contribution in [1.29, 1.82) is 0 Å². The van der Waals surface area contributed by atoms with Gasteiger partial charge in [0.25, 0.3) is 10.0 Å². The van der Waals surface area contributed by atoms with Gasteiger partial charge in [-0.25, -0.2) is 8.42 Å². The summed E-state index contributed by atoms with van der Waals surface area (Å²) in [5.74, 6) is 0.903. The molecule has 224 valence electrons. The first-order chi connectivity index (χ1) is 20.1. The van der Waals surface area contributed by atoms with Crippen molar-refractivity contribution in [3.8, 4) is 5.75 Å². The van der Waals surface area contributed by atoms with E-state index >= 15 is 0 Å². The van der Waals surface area contributed by atoms with Crippen LogP contribution in [-0.4, -0.2) is 89.8 Å². The van der Waals surface area contributed by atoms with Crippen molar-refractivity contribution in [2.45, 2.75) is 29.8 Å². The van der Waals surface area contributed by atoms with Gasteiger partial charge < -0.3 is 14.4 Å². The van der Waals surface area contributed by atoms with E-state index in [1.165, 1.54) is 4.31 Å². The lowest BCUT2D eigenvalue weighted by Gasteiger charge is -2.35. The van der Waals surface area contributed by atoms with Gasteiger partial charge >= 0.3 is 0 Å². The molecular weight excluding hydrogens is 576 g/mol. The van der Waals surface area contributed by atoms with Crippen LogP contribution in [0.1, 0.15) is 22.9 Å². The number of hydrogen-bond acceptors (Lipinski definition) is 7. The lowest BCUT2D eigenvalue weighted by Crippen LogP contribution is -2.46. The van der Waals surface area contributed by atoms with Crippen LogP contribution in [0.25, 0.3) is 0 Å². The zero-order valence-electron chi connectivity index (χ0n) is 24.0. The van der Waals surface area contributed by atoms with E-state index in [9.17, 15) is 16.8 Å². The van der Waals surface area contributed by atoms with E-state index in [2.05, 4.69) is 9.30 Å². The Morgan fingerprint density at radius 2 is 1.38 bits per heavy atom. The van der Waals surface area contributed by atoms with E-state index in [4.69, 9.17) is 9.47 Å². The maximum absolute atomic E-state index is 14.0. The smallest absolute Gasteiger partial charge is 0.283 e. The normalized spacial score (nSPS) is 19.3. The third kappa shape index (κ3) is 6.52. The van der Waals surface area contributed by atoms with E-state index in [-0.39, 0.29) is 35.3 Å². The van der Waals surface area contributed by atoms with Crippen molar-refractivity contribution in [1.82, 2.24) is 14.1 Å². The molecule has 12 heteroatoms. The van der Waals surface area contributed by atoms with Crippen molar-refractivity contribution in [2.24, 2.45) is 4.40 Å². The molecule has 0 radical (unpaired) electrons. The number of nitrogens with zero attached hydrogens (tertiary/aromatic N) is 4. The van der Waals surface area contributed by atoms with E-state index in [1.54, 1.807) is 84.8 Å². The minimum atomic E-state index is -4.09. The standard InChI is InChI=1S/C30H36N4O6S2/c1-23-4-12-27(13-5-23)41(35,36)31-29(22-32-18-20-40-21-19-32)33-16-17-34(30(33)25-8-10-26(39-3)11-9-25)42(37,38)28-14-6-24(2)7-15-28/h4-15,30H,16-22H2,1-3H3/t30-/m0/s1. The predicted octanol–water partition coefficient (Wildman–Crippen LogP) is 3.44. The molecule has 0 N–H and O–H groups in total. The second kappa shape index (κ2) is 12.5. The molecule has 10 nitrogen and oxygen atoms in total. The highest BCUT2D eigenvalue weighted by molar-refractivity contribution is 7.90. The van der Waals surface area contributed by atoms with Crippen LogP contribution < -0.4 is 4.74 Å². The number of ether oxygens (including phenoxy) is 2. The zero-order valence-corrected chi connectivity index (χ0v) is 25.6. The van der Waals surface area contributed by atoms with Crippen molar-refractivity contribution < 1.29 is 26.3 Å². The highest BCUT2D eigenvalue weighted by Gasteiger charge is 2.43. The molecular formula is C30H36N4O6S2. The zero-order chi connectivity index (χ0) is 29.9. The maximum atomic E-state index is 14.0. The van der Waals surface area contributed by atoms with Crippen LogP contribution in [0.3, 0.4) is 0 Å². The fourth-order valence-corrected chi connectivity index (χ4v) is 7.73. The molecule has 2 fully saturated rings. The monoisotopic (exact) mass is 612 g/mol. The van der Waals surface area contributed by atoms with E-state index in [0.29, 0.717) is 37.6 Å². The molecule has 2 heterocycles. The number of hydrogen-bond donors (Lipinski definition) is 0. The SMILES string of the molecule is COc1ccc([C@H]2N(C(CN3CCOCC3)=NS(=O)(=O)c3ccc(C)cc3)CCN2S(=O)(=O)c2ccc(C)cc2)cc1. The average Bonchev–Trinajstić information content (AvgIpc) is 3.44. The van der Waals surface area contributed by atoms with Crippen LogP contribution in [0.15, 0.2) is 87.0 Å². The molecule has 2 saturated heterocycles. The summed E-state index contributed by atoms with van der Waals surface area (Å²) in [5, 5.41) is 0. The van der Waals surface area contributed by atoms with Gasteiger partial charge in [-0.1, -0.05) is 47.5 Å². The molecule has 0 unspecified atom stereocenters. The van der Waals surface area contributed by atoms with Crippen LogP contribution >= 0.6 is 0 Å². The predicted molar refractivity (Wildman–Crippen MR) is 161 cm³/mol. The molecule has 3 aromatic carbocycles. The number of rotatable bonds is 8. The summed E-state index contributed by atoms with van der Waals surface area (Å²) in [4.78, 5) is 4.13. The second-order valence-corrected chi connectivity index (χ2v) is 13.9. The Morgan fingerprint density at radius 1 is 0.810 bits per heavy atom. The Morgan fingerprint density at radius 3 is 1.95 bits per heavy atom. The Balaban J connectivity index is 1.61. The van der Waals surface area contributed by atoms with Gasteiger partial charge in [-0.2, -0.15) is 12.7 Å². The molecule has 0 spiro atoms. The minimum absolute atomic E-state index is 0.0805. The Hall–Kier alpha value is -3.29. The summed E-state index contributed by atoms with van der Waals surface area (Å²) < 4.78 is 71.9. The van der Waals surface area contributed by atoms with Crippen LogP contribution in [0, 0.1) is 13.8 Å². The van der Waals surface area contributed by atoms with E-state index < -0.39 is 26.2 Å². The lowest BCUT2D eigenvalue weighted by atomic mass is 10.1. The number of methoxy groups -OCH3 is 1. The van der Waals surface area contributed by atoms with Gasteiger partial charge in [-0.3, -0.25) is 4.90 Å². The molecule has 0 saturated carbocycles. The molecule has 0 amide bonds. The quantitative estimate of drug-likeness (QED) is 0.281. The van der Waals surface area contributed by atoms with Gasteiger partial charge in [0.05, 0.1) is 36.7 Å². The molecule has 5 rings (SSSR count). The van der Waals surface area contributed by atoms with Crippen LogP contribution in [0.2, 0.25) is 0 Å². The summed E-state index contributed by atoms with van der Waals surface area (Å²) in [6.07, 6.45) is -0.824. The average molecular weight is 613 g/mol. The molecule has 0 aliphatic carbocycles. The fraction of sp³-hybridized carbons (Fsp3) is 0.367. The van der Waals surface area contributed by atoms with Gasteiger partial charge in [0.15, 0.2) is 0 Å². The number of amidine groups is 1. The largest absolute Gasteiger partial charge is 0.497 e. The van der Waals surface area contributed by atoms with Gasteiger partial charge in [0, 0.05) is 26.2 Å². The first kappa shape index (κ1) is 30.2. The fourth-order valence-electron chi connectivity index (χ4n) is 5.13. The van der Waals surface area contributed by atoms with Gasteiger partial charge in [-0.15, -0.1) is 4.40 Å². The van der Waals surface area contributed by atoms with Crippen molar-refractivity contribution >= 4 is 25.9 Å². The summed E-state index contributed by atoms with van der Waals surface area (Å²) in [5.41, 5.74) is 2.55. The molecule has 1 atom stereocenters. The number of morpholine rings is 1. The number of aryl methyl sites for hydroxylation is 2.